The van der Waals surface area contributed by atoms with Gasteiger partial charge in [0.15, 0.2) is 0 Å². The lowest BCUT2D eigenvalue weighted by molar-refractivity contribution is -0.131. The van der Waals surface area contributed by atoms with E-state index in [9.17, 15) is 14.4 Å². The number of piperazine rings is 1. The maximum absolute atomic E-state index is 15.0. The van der Waals surface area contributed by atoms with Crippen LogP contribution in [-0.2, 0) is 44.2 Å². The molecule has 3 aliphatic heterocycles. The molecule has 3 aliphatic rings. The van der Waals surface area contributed by atoms with Crippen LogP contribution in [0.25, 0.3) is 11.3 Å². The van der Waals surface area contributed by atoms with E-state index < -0.39 is 0 Å². The largest absolute Gasteiger partial charge is 0.369 e. The highest BCUT2D eigenvalue weighted by molar-refractivity contribution is 6.03. The molecule has 4 heterocycles. The number of likely N-dealkylation sites (N-methyl/N-ethyl adjacent to an activating group) is 1. The highest BCUT2D eigenvalue weighted by Gasteiger charge is 2.32. The lowest BCUT2D eigenvalue weighted by atomic mass is 9.89. The van der Waals surface area contributed by atoms with Gasteiger partial charge in [-0.15, -0.1) is 0 Å². The van der Waals surface area contributed by atoms with Crippen molar-refractivity contribution in [3.8, 4) is 11.3 Å². The van der Waals surface area contributed by atoms with E-state index in [-0.39, 0.29) is 23.8 Å². The third-order valence-corrected chi connectivity index (χ3v) is 12.7. The summed E-state index contributed by atoms with van der Waals surface area (Å²) >= 11 is 0. The van der Waals surface area contributed by atoms with Crippen LogP contribution in [0.3, 0.4) is 0 Å². The molecule has 1 saturated heterocycles. The molecule has 3 amide bonds. The summed E-state index contributed by atoms with van der Waals surface area (Å²) in [5.41, 5.74) is 10.8. The first-order chi connectivity index (χ1) is 27.6. The molecule has 0 N–H and O–H groups in total. The van der Waals surface area contributed by atoms with Crippen LogP contribution in [0.5, 0.6) is 0 Å². The quantitative estimate of drug-likeness (QED) is 0.149. The lowest BCUT2D eigenvalue weighted by Crippen LogP contribution is -2.44. The predicted molar refractivity (Wildman–Crippen MR) is 230 cm³/mol. The van der Waals surface area contributed by atoms with Crippen LogP contribution in [-0.4, -0.2) is 101 Å². The Bertz CT molecular complexity index is 2090. The third kappa shape index (κ3) is 8.69. The van der Waals surface area contributed by atoms with Gasteiger partial charge in [-0.1, -0.05) is 63.1 Å². The second-order valence-corrected chi connectivity index (χ2v) is 16.7. The fourth-order valence-corrected chi connectivity index (χ4v) is 8.89. The summed E-state index contributed by atoms with van der Waals surface area (Å²) in [6.07, 6.45) is 5.85. The number of fused-ring (bicyclic) bond motifs is 2. The highest BCUT2D eigenvalue weighted by atomic mass is 16.2. The van der Waals surface area contributed by atoms with Gasteiger partial charge in [0.2, 0.25) is 5.91 Å². The fraction of sp³-hybridized carbons (Fsp3) is 0.479. The second kappa shape index (κ2) is 17.7. The van der Waals surface area contributed by atoms with Crippen molar-refractivity contribution in [1.29, 1.82) is 0 Å². The first kappa shape index (κ1) is 40.3. The number of anilines is 1. The number of unbranched alkanes of at least 4 members (excludes halogenated alkanes) is 2. The zero-order valence-electron chi connectivity index (χ0n) is 35.1. The number of carbonyl (C=O) groups excluding carboxylic acids is 3. The lowest BCUT2D eigenvalue weighted by Gasteiger charge is -2.36. The van der Waals surface area contributed by atoms with Gasteiger partial charge in [-0.2, -0.15) is 0 Å². The van der Waals surface area contributed by atoms with Crippen molar-refractivity contribution in [2.24, 2.45) is 7.05 Å². The van der Waals surface area contributed by atoms with Gasteiger partial charge in [0.25, 0.3) is 11.8 Å². The number of hydrogen-bond donors (Lipinski definition) is 0. The first-order valence-electron chi connectivity index (χ1n) is 21.4. The normalized spacial score (nSPS) is 17.0. The van der Waals surface area contributed by atoms with E-state index in [1.54, 1.807) is 0 Å². The number of carbonyl (C=O) groups is 3. The molecule has 302 valence electrons. The van der Waals surface area contributed by atoms with E-state index in [0.29, 0.717) is 43.6 Å². The van der Waals surface area contributed by atoms with Crippen LogP contribution >= 0.6 is 0 Å². The molecule has 0 radical (unpaired) electrons. The molecule has 1 fully saturated rings. The van der Waals surface area contributed by atoms with E-state index in [1.165, 1.54) is 16.8 Å². The molecule has 0 unspecified atom stereocenters. The molecular weight excluding hydrogens is 709 g/mol. The third-order valence-electron chi connectivity index (χ3n) is 12.7. The summed E-state index contributed by atoms with van der Waals surface area (Å²) < 4.78 is 2.09. The zero-order chi connectivity index (χ0) is 40.2. The van der Waals surface area contributed by atoms with Crippen LogP contribution < -0.4 is 4.90 Å². The first-order valence-corrected chi connectivity index (χ1v) is 21.4. The molecule has 0 saturated carbocycles. The molecule has 57 heavy (non-hydrogen) atoms. The molecule has 1 aromatic heterocycles. The Morgan fingerprint density at radius 3 is 2.19 bits per heavy atom. The maximum Gasteiger partial charge on any atom is 0.255 e. The Morgan fingerprint density at radius 1 is 0.754 bits per heavy atom. The summed E-state index contributed by atoms with van der Waals surface area (Å²) in [5.74, 6) is 0.149. The molecule has 4 aromatic rings. The average molecular weight is 771 g/mol. The van der Waals surface area contributed by atoms with Crippen LogP contribution in [0.1, 0.15) is 101 Å². The van der Waals surface area contributed by atoms with Gasteiger partial charge in [0, 0.05) is 100 Å². The number of benzene rings is 3. The zero-order valence-corrected chi connectivity index (χ0v) is 35.1. The Morgan fingerprint density at radius 2 is 1.47 bits per heavy atom. The van der Waals surface area contributed by atoms with E-state index in [2.05, 4.69) is 96.8 Å². The number of amides is 3. The molecule has 0 aliphatic carbocycles. The molecule has 9 heteroatoms. The van der Waals surface area contributed by atoms with E-state index in [0.717, 1.165) is 105 Å². The molecule has 3 aromatic carbocycles. The number of rotatable bonds is 12. The van der Waals surface area contributed by atoms with Crippen molar-refractivity contribution in [2.75, 3.05) is 57.8 Å². The molecule has 0 spiro atoms. The number of nitrogens with zero attached hydrogens (tertiary/aromatic N) is 6. The summed E-state index contributed by atoms with van der Waals surface area (Å²) in [6.45, 7) is 15.6. The van der Waals surface area contributed by atoms with Gasteiger partial charge in [0.05, 0.1) is 12.0 Å². The van der Waals surface area contributed by atoms with E-state index >= 15 is 0 Å². The summed E-state index contributed by atoms with van der Waals surface area (Å²) in [4.78, 5) is 53.8. The second-order valence-electron chi connectivity index (χ2n) is 16.7. The Labute approximate surface area is 340 Å². The standard InChI is InChI=1S/C48H62N6O3/c1-7-9-19-52(20-10-8-2)47(56)42-31-45(50(6)35(42)4)43-29-38-18-21-53(46(55)28-36-14-13-17-41(27-36)51-24-22-49(5)23-25-51)32-40(38)30-44(43)48(57)54-33-39-16-12-11-15-37(39)26-34(54)3/h11-17,27,29-31,34H,7-10,18-26,28,32-33H2,1-6H3/t34-/m1/s1. The van der Waals surface area contributed by atoms with Gasteiger partial charge < -0.3 is 29.1 Å². The topological polar surface area (TPSA) is 72.3 Å². The molecule has 7 rings (SSSR count). The van der Waals surface area contributed by atoms with Crippen LogP contribution in [0.4, 0.5) is 5.69 Å². The van der Waals surface area contributed by atoms with Crippen LogP contribution in [0, 0.1) is 6.92 Å². The van der Waals surface area contributed by atoms with Crippen molar-refractivity contribution < 1.29 is 14.4 Å². The molecular formula is C48H62N6O3. The van der Waals surface area contributed by atoms with Gasteiger partial charge in [-0.25, -0.2) is 0 Å². The minimum atomic E-state index is -0.0155. The Balaban J connectivity index is 1.20. The minimum Gasteiger partial charge on any atom is -0.369 e. The minimum absolute atomic E-state index is 0.0155. The smallest absolute Gasteiger partial charge is 0.255 e. The predicted octanol–water partition coefficient (Wildman–Crippen LogP) is 7.51. The SMILES string of the molecule is CCCCN(CCCC)C(=O)c1cc(-c2cc3c(cc2C(=O)N2Cc4ccccc4C[C@H]2C)CN(C(=O)Cc2cccc(N4CCN(C)CC4)c2)CC3)n(C)c1C. The van der Waals surface area contributed by atoms with Gasteiger partial charge in [-0.3, -0.25) is 14.4 Å². The van der Waals surface area contributed by atoms with E-state index in [4.69, 9.17) is 0 Å². The molecule has 1 atom stereocenters. The van der Waals surface area contributed by atoms with Gasteiger partial charge >= 0.3 is 0 Å². The Kier molecular flexibility index (Phi) is 12.5. The van der Waals surface area contributed by atoms with Crippen molar-refractivity contribution in [1.82, 2.24) is 24.2 Å². The van der Waals surface area contributed by atoms with Crippen molar-refractivity contribution >= 4 is 23.4 Å². The summed E-state index contributed by atoms with van der Waals surface area (Å²) in [5, 5.41) is 0. The number of hydrogen-bond acceptors (Lipinski definition) is 5. The number of aromatic nitrogens is 1. The summed E-state index contributed by atoms with van der Waals surface area (Å²) in [7, 11) is 4.17. The average Bonchev–Trinajstić information content (AvgIpc) is 3.52. The maximum atomic E-state index is 15.0. The van der Waals surface area contributed by atoms with Crippen LogP contribution in [0.2, 0.25) is 0 Å². The molecule has 0 bridgehead atoms. The molecule has 9 nitrogen and oxygen atoms in total. The van der Waals surface area contributed by atoms with Crippen LogP contribution in [0.15, 0.2) is 66.7 Å². The van der Waals surface area contributed by atoms with E-state index in [1.807, 2.05) is 40.8 Å². The van der Waals surface area contributed by atoms with Gasteiger partial charge in [-0.05, 0) is 105 Å². The van der Waals surface area contributed by atoms with Crippen molar-refractivity contribution in [3.05, 3.63) is 111 Å². The fourth-order valence-electron chi connectivity index (χ4n) is 8.89. The van der Waals surface area contributed by atoms with Gasteiger partial charge in [0.1, 0.15) is 0 Å². The van der Waals surface area contributed by atoms with Crippen molar-refractivity contribution in [3.63, 3.8) is 0 Å². The monoisotopic (exact) mass is 770 g/mol. The highest BCUT2D eigenvalue weighted by Crippen LogP contribution is 2.36. The summed E-state index contributed by atoms with van der Waals surface area (Å²) in [6, 6.07) is 23.2. The Hall–Kier alpha value is -4.89. The van der Waals surface area contributed by atoms with Crippen molar-refractivity contribution in [2.45, 2.75) is 91.8 Å².